The first-order valence-electron chi connectivity index (χ1n) is 15.4. The SMILES string of the molecule is C=CC(=O)N1CC[C@@H]2[C@H]1CN2c1nc(OCC23CCCN2CCC3)nc2nc(-c3cncc4c3CCCC4)ccc12. The normalized spacial score (nSPS) is 24.6. The van der Waals surface area contributed by atoms with Gasteiger partial charge in [-0.3, -0.25) is 14.7 Å². The molecular weight excluding hydrogens is 514 g/mol. The summed E-state index contributed by atoms with van der Waals surface area (Å²) in [5.41, 5.74) is 5.49. The average Bonchev–Trinajstić information content (AvgIpc) is 3.67. The lowest BCUT2D eigenvalue weighted by Gasteiger charge is -2.47. The van der Waals surface area contributed by atoms with Crippen molar-refractivity contribution in [1.29, 1.82) is 0 Å². The summed E-state index contributed by atoms with van der Waals surface area (Å²) in [6.07, 6.45) is 15.7. The van der Waals surface area contributed by atoms with Gasteiger partial charge in [-0.05, 0) is 100 Å². The lowest BCUT2D eigenvalue weighted by molar-refractivity contribution is -0.127. The molecular formula is C32H37N7O2. The van der Waals surface area contributed by atoms with Crippen LogP contribution in [0, 0.1) is 0 Å². The van der Waals surface area contributed by atoms with E-state index >= 15 is 0 Å². The minimum atomic E-state index is 0.0109. The predicted molar refractivity (Wildman–Crippen MR) is 157 cm³/mol. The van der Waals surface area contributed by atoms with Gasteiger partial charge in [0, 0.05) is 31.0 Å². The Morgan fingerprint density at radius 2 is 1.88 bits per heavy atom. The molecule has 0 N–H and O–H groups in total. The summed E-state index contributed by atoms with van der Waals surface area (Å²) in [4.78, 5) is 38.9. The van der Waals surface area contributed by atoms with Crippen molar-refractivity contribution in [2.45, 2.75) is 75.4 Å². The summed E-state index contributed by atoms with van der Waals surface area (Å²) in [6, 6.07) is 5.03. The van der Waals surface area contributed by atoms with Crippen LogP contribution >= 0.6 is 0 Å². The van der Waals surface area contributed by atoms with Crippen LogP contribution in [0.1, 0.15) is 56.1 Å². The van der Waals surface area contributed by atoms with Crippen molar-refractivity contribution < 1.29 is 9.53 Å². The fraction of sp³-hybridized carbons (Fsp3) is 0.531. The Morgan fingerprint density at radius 3 is 2.73 bits per heavy atom. The van der Waals surface area contributed by atoms with Gasteiger partial charge in [0.25, 0.3) is 0 Å². The maximum absolute atomic E-state index is 12.4. The van der Waals surface area contributed by atoms with Crippen LogP contribution < -0.4 is 9.64 Å². The molecule has 2 atom stereocenters. The Morgan fingerprint density at radius 1 is 1.02 bits per heavy atom. The number of aromatic nitrogens is 4. The Balaban J connectivity index is 1.17. The number of nitrogens with zero attached hydrogens (tertiary/aromatic N) is 7. The first kappa shape index (κ1) is 25.1. The van der Waals surface area contributed by atoms with Crippen LogP contribution in [-0.4, -0.2) is 86.1 Å². The molecule has 9 heteroatoms. The largest absolute Gasteiger partial charge is 0.461 e. The molecule has 8 rings (SSSR count). The van der Waals surface area contributed by atoms with Gasteiger partial charge in [-0.1, -0.05) is 6.58 Å². The molecule has 5 aliphatic rings. The first-order chi connectivity index (χ1) is 20.1. The van der Waals surface area contributed by atoms with E-state index in [1.807, 2.05) is 17.3 Å². The van der Waals surface area contributed by atoms with Crippen LogP contribution in [0.15, 0.2) is 37.2 Å². The van der Waals surface area contributed by atoms with E-state index in [0.29, 0.717) is 18.3 Å². The van der Waals surface area contributed by atoms with Gasteiger partial charge in [-0.2, -0.15) is 9.97 Å². The third kappa shape index (κ3) is 4.03. The number of carbonyl (C=O) groups excluding carboxylic acids is 1. The maximum Gasteiger partial charge on any atom is 0.320 e. The number of pyridine rings is 2. The molecule has 9 nitrogen and oxygen atoms in total. The monoisotopic (exact) mass is 551 g/mol. The molecule has 1 amide bonds. The lowest BCUT2D eigenvalue weighted by Crippen LogP contribution is -2.63. The lowest BCUT2D eigenvalue weighted by atomic mass is 9.89. The van der Waals surface area contributed by atoms with E-state index < -0.39 is 0 Å². The number of amides is 1. The summed E-state index contributed by atoms with van der Waals surface area (Å²) in [7, 11) is 0. The van der Waals surface area contributed by atoms with Gasteiger partial charge in [-0.25, -0.2) is 4.98 Å². The highest BCUT2D eigenvalue weighted by Crippen LogP contribution is 2.41. The molecule has 0 saturated carbocycles. The van der Waals surface area contributed by atoms with Gasteiger partial charge in [0.05, 0.1) is 28.7 Å². The molecule has 0 aromatic carbocycles. The van der Waals surface area contributed by atoms with E-state index in [2.05, 4.69) is 33.5 Å². The van der Waals surface area contributed by atoms with Gasteiger partial charge in [0.1, 0.15) is 12.4 Å². The molecule has 3 aromatic heterocycles. The van der Waals surface area contributed by atoms with Gasteiger partial charge in [0.15, 0.2) is 5.65 Å². The van der Waals surface area contributed by atoms with E-state index in [9.17, 15) is 4.79 Å². The molecule has 4 aliphatic heterocycles. The number of hydrogen-bond donors (Lipinski definition) is 0. The number of carbonyl (C=O) groups is 1. The van der Waals surface area contributed by atoms with E-state index in [1.165, 1.54) is 55.7 Å². The van der Waals surface area contributed by atoms with Crippen molar-refractivity contribution in [2.24, 2.45) is 0 Å². The molecule has 4 fully saturated rings. The second-order valence-electron chi connectivity index (χ2n) is 12.4. The fourth-order valence-corrected chi connectivity index (χ4v) is 8.20. The van der Waals surface area contributed by atoms with Crippen LogP contribution in [0.5, 0.6) is 6.01 Å². The molecule has 212 valence electrons. The molecule has 1 aliphatic carbocycles. The van der Waals surface area contributed by atoms with Crippen molar-refractivity contribution in [1.82, 2.24) is 29.7 Å². The molecule has 4 saturated heterocycles. The smallest absolute Gasteiger partial charge is 0.320 e. The minimum Gasteiger partial charge on any atom is -0.461 e. The number of rotatable bonds is 6. The number of likely N-dealkylation sites (tertiary alicyclic amines) is 1. The second-order valence-corrected chi connectivity index (χ2v) is 12.4. The first-order valence-corrected chi connectivity index (χ1v) is 15.4. The summed E-state index contributed by atoms with van der Waals surface area (Å²) >= 11 is 0. The van der Waals surface area contributed by atoms with E-state index in [0.717, 1.165) is 67.9 Å². The summed E-state index contributed by atoms with van der Waals surface area (Å²) in [5, 5.41) is 0.923. The van der Waals surface area contributed by atoms with Crippen molar-refractivity contribution in [3.63, 3.8) is 0 Å². The quantitative estimate of drug-likeness (QED) is 0.426. The molecule has 7 heterocycles. The Labute approximate surface area is 240 Å². The zero-order valence-electron chi connectivity index (χ0n) is 23.6. The number of aryl methyl sites for hydroxylation is 1. The van der Waals surface area contributed by atoms with Gasteiger partial charge < -0.3 is 14.5 Å². The second kappa shape index (κ2) is 9.76. The number of anilines is 1. The van der Waals surface area contributed by atoms with E-state index in [4.69, 9.17) is 19.7 Å². The summed E-state index contributed by atoms with van der Waals surface area (Å²) < 4.78 is 6.47. The molecule has 0 bridgehead atoms. The van der Waals surface area contributed by atoms with Crippen molar-refractivity contribution in [3.05, 3.63) is 48.3 Å². The number of hydrogen-bond acceptors (Lipinski definition) is 8. The average molecular weight is 552 g/mol. The highest BCUT2D eigenvalue weighted by molar-refractivity contribution is 5.91. The van der Waals surface area contributed by atoms with Crippen molar-refractivity contribution >= 4 is 22.8 Å². The Bertz CT molecular complexity index is 1530. The number of fused-ring (bicyclic) bond motifs is 4. The third-order valence-electron chi connectivity index (χ3n) is 10.4. The molecule has 41 heavy (non-hydrogen) atoms. The van der Waals surface area contributed by atoms with Crippen LogP contribution in [-0.2, 0) is 17.6 Å². The van der Waals surface area contributed by atoms with E-state index in [1.54, 1.807) is 0 Å². The fourth-order valence-electron chi connectivity index (χ4n) is 8.20. The minimum absolute atomic E-state index is 0.0109. The van der Waals surface area contributed by atoms with Gasteiger partial charge in [0.2, 0.25) is 5.91 Å². The molecule has 0 radical (unpaired) electrons. The highest BCUT2D eigenvalue weighted by Gasteiger charge is 2.49. The van der Waals surface area contributed by atoms with Crippen LogP contribution in [0.3, 0.4) is 0 Å². The van der Waals surface area contributed by atoms with Crippen LogP contribution in [0.2, 0.25) is 0 Å². The zero-order valence-corrected chi connectivity index (χ0v) is 23.6. The van der Waals surface area contributed by atoms with Crippen LogP contribution in [0.4, 0.5) is 5.82 Å². The van der Waals surface area contributed by atoms with Crippen molar-refractivity contribution in [2.75, 3.05) is 37.7 Å². The topological polar surface area (TPSA) is 87.6 Å². The Hall–Kier alpha value is -3.59. The number of ether oxygens (including phenoxy) is 1. The molecule has 0 spiro atoms. The van der Waals surface area contributed by atoms with Crippen LogP contribution in [0.25, 0.3) is 22.3 Å². The summed E-state index contributed by atoms with van der Waals surface area (Å²) in [5.74, 6) is 0.871. The highest BCUT2D eigenvalue weighted by atomic mass is 16.5. The standard InChI is InChI=1S/C32H37N7O2/c1-2-28(40)38-16-11-26-27(38)19-39(26)30-23-9-10-25(24-18-33-17-21-7-3-4-8-22(21)24)34-29(23)35-31(36-30)41-20-32-12-5-14-37(32)15-6-13-32/h2,9-10,17-18,26-27H,1,3-8,11-16,19-20H2/t26-,27-/m1/s1. The maximum atomic E-state index is 12.4. The molecule has 0 unspecified atom stereocenters. The van der Waals surface area contributed by atoms with Crippen molar-refractivity contribution in [3.8, 4) is 17.3 Å². The van der Waals surface area contributed by atoms with E-state index in [-0.39, 0.29) is 23.5 Å². The molecule has 3 aromatic rings. The summed E-state index contributed by atoms with van der Waals surface area (Å²) in [6.45, 7) is 8.11. The van der Waals surface area contributed by atoms with Gasteiger partial charge in [-0.15, -0.1) is 0 Å². The third-order valence-corrected chi connectivity index (χ3v) is 10.4. The van der Waals surface area contributed by atoms with Gasteiger partial charge >= 0.3 is 6.01 Å². The predicted octanol–water partition coefficient (Wildman–Crippen LogP) is 3.95. The zero-order chi connectivity index (χ0) is 27.6. The Kier molecular flexibility index (Phi) is 5.98.